The number of amides is 1. The lowest BCUT2D eigenvalue weighted by Crippen LogP contribution is -2.32. The molecule has 0 bridgehead atoms. The van der Waals surface area contributed by atoms with Gasteiger partial charge >= 0.3 is 6.09 Å². The first-order valence-electron chi connectivity index (χ1n) is 11.3. The molecule has 0 radical (unpaired) electrons. The van der Waals surface area contributed by atoms with Crippen LogP contribution in [0, 0.1) is 16.3 Å². The molecule has 1 N–H and O–H groups in total. The number of fused-ring (bicyclic) bond motifs is 1. The van der Waals surface area contributed by atoms with Gasteiger partial charge in [0, 0.05) is 22.5 Å². The molecular formula is C26H25FIN3O5S. The molecule has 2 heterocycles. The van der Waals surface area contributed by atoms with Crippen molar-refractivity contribution in [3.05, 3.63) is 81.4 Å². The third-order valence-electron chi connectivity index (χ3n) is 5.20. The van der Waals surface area contributed by atoms with Crippen LogP contribution in [0.25, 0.3) is 11.0 Å². The molecule has 0 aliphatic rings. The van der Waals surface area contributed by atoms with E-state index in [1.165, 1.54) is 24.5 Å². The van der Waals surface area contributed by atoms with Gasteiger partial charge in [0.25, 0.3) is 10.0 Å². The molecule has 2 aromatic heterocycles. The number of rotatable bonds is 6. The zero-order valence-corrected chi connectivity index (χ0v) is 23.6. The van der Waals surface area contributed by atoms with Crippen LogP contribution in [-0.4, -0.2) is 29.1 Å². The Morgan fingerprint density at radius 3 is 2.46 bits per heavy atom. The van der Waals surface area contributed by atoms with Crippen LogP contribution in [0.3, 0.4) is 0 Å². The van der Waals surface area contributed by atoms with Crippen LogP contribution < -0.4 is 10.1 Å². The van der Waals surface area contributed by atoms with Gasteiger partial charge in [0.15, 0.2) is 17.2 Å². The van der Waals surface area contributed by atoms with E-state index < -0.39 is 27.5 Å². The van der Waals surface area contributed by atoms with Gasteiger partial charge in [-0.15, -0.1) is 0 Å². The molecule has 0 atom stereocenters. The molecule has 0 saturated carbocycles. The number of ether oxygens (including phenoxy) is 2. The summed E-state index contributed by atoms with van der Waals surface area (Å²) in [5.41, 5.74) is 0.980. The molecule has 0 fully saturated rings. The number of benzene rings is 2. The fourth-order valence-corrected chi connectivity index (χ4v) is 5.78. The lowest BCUT2D eigenvalue weighted by Gasteiger charge is -2.19. The van der Waals surface area contributed by atoms with Crippen LogP contribution in [-0.2, 0) is 21.3 Å². The summed E-state index contributed by atoms with van der Waals surface area (Å²) in [5, 5.41) is 3.02. The number of halogens is 2. The first-order valence-corrected chi connectivity index (χ1v) is 13.8. The standard InChI is InChI=1S/C26H25FIN3O5S/c1-16-5-8-18(9-6-16)37(33,34)31-15-20(28)23-22(11-12-29-24(23)31)35-21-10-7-17(13-19(21)27)14-30-25(32)36-26(2,3)4/h5-13,15H,14H2,1-4H3,(H,30,32). The predicted molar refractivity (Wildman–Crippen MR) is 146 cm³/mol. The maximum absolute atomic E-state index is 14.9. The minimum Gasteiger partial charge on any atom is -0.453 e. The van der Waals surface area contributed by atoms with Crippen molar-refractivity contribution >= 4 is 49.7 Å². The Kier molecular flexibility index (Phi) is 7.47. The van der Waals surface area contributed by atoms with Crippen molar-refractivity contribution in [1.29, 1.82) is 0 Å². The second-order valence-corrected chi connectivity index (χ2v) is 12.3. The third kappa shape index (κ3) is 6.04. The number of alkyl carbamates (subject to hydrolysis) is 1. The first-order chi connectivity index (χ1) is 17.3. The minimum absolute atomic E-state index is 0.0570. The Morgan fingerprint density at radius 2 is 1.81 bits per heavy atom. The SMILES string of the molecule is Cc1ccc(S(=O)(=O)n2cc(I)c3c(Oc4ccc(CNC(=O)OC(C)(C)C)cc4F)ccnc32)cc1. The van der Waals surface area contributed by atoms with Crippen molar-refractivity contribution in [3.8, 4) is 11.5 Å². The predicted octanol–water partition coefficient (Wildman–Crippen LogP) is 6.14. The Bertz CT molecular complexity index is 1580. The van der Waals surface area contributed by atoms with Crippen molar-refractivity contribution in [2.45, 2.75) is 44.7 Å². The van der Waals surface area contributed by atoms with E-state index in [4.69, 9.17) is 9.47 Å². The van der Waals surface area contributed by atoms with Gasteiger partial charge in [-0.2, -0.15) is 0 Å². The van der Waals surface area contributed by atoms with Gasteiger partial charge in [0.2, 0.25) is 0 Å². The highest BCUT2D eigenvalue weighted by Gasteiger charge is 2.24. The largest absolute Gasteiger partial charge is 0.453 e. The average molecular weight is 637 g/mol. The van der Waals surface area contributed by atoms with E-state index >= 15 is 0 Å². The maximum Gasteiger partial charge on any atom is 0.407 e. The fraction of sp³-hybridized carbons (Fsp3) is 0.231. The molecule has 0 unspecified atom stereocenters. The summed E-state index contributed by atoms with van der Waals surface area (Å²) in [6.45, 7) is 7.20. The molecule has 194 valence electrons. The van der Waals surface area contributed by atoms with E-state index in [-0.39, 0.29) is 28.6 Å². The lowest BCUT2D eigenvalue weighted by molar-refractivity contribution is 0.0523. The molecule has 8 nitrogen and oxygen atoms in total. The normalized spacial score (nSPS) is 11.9. The van der Waals surface area contributed by atoms with Crippen molar-refractivity contribution in [2.24, 2.45) is 0 Å². The van der Waals surface area contributed by atoms with E-state index in [1.54, 1.807) is 57.2 Å². The van der Waals surface area contributed by atoms with Crippen molar-refractivity contribution in [3.63, 3.8) is 0 Å². The van der Waals surface area contributed by atoms with Gasteiger partial charge in [0.05, 0.1) is 10.3 Å². The van der Waals surface area contributed by atoms with Crippen LogP contribution in [0.1, 0.15) is 31.9 Å². The van der Waals surface area contributed by atoms with Gasteiger partial charge in [-0.3, -0.25) is 0 Å². The van der Waals surface area contributed by atoms with Crippen LogP contribution in [0.5, 0.6) is 11.5 Å². The van der Waals surface area contributed by atoms with Gasteiger partial charge in [-0.05, 0) is 86.2 Å². The Hall–Kier alpha value is -3.19. The molecule has 0 spiro atoms. The van der Waals surface area contributed by atoms with Gasteiger partial charge in [0.1, 0.15) is 11.4 Å². The number of hydrogen-bond acceptors (Lipinski definition) is 6. The highest BCUT2D eigenvalue weighted by atomic mass is 127. The summed E-state index contributed by atoms with van der Waals surface area (Å²) in [5.74, 6) is -0.445. The topological polar surface area (TPSA) is 99.5 Å². The molecule has 0 aliphatic heterocycles. The van der Waals surface area contributed by atoms with E-state index in [9.17, 15) is 17.6 Å². The first kappa shape index (κ1) is 26.9. The van der Waals surface area contributed by atoms with Crippen LogP contribution >= 0.6 is 22.6 Å². The summed E-state index contributed by atoms with van der Waals surface area (Å²) in [6, 6.07) is 12.4. The van der Waals surface area contributed by atoms with Crippen molar-refractivity contribution in [2.75, 3.05) is 0 Å². The number of carbonyl (C=O) groups excluding carboxylic acids is 1. The average Bonchev–Trinajstić information content (AvgIpc) is 3.17. The van der Waals surface area contributed by atoms with Gasteiger partial charge in [-0.1, -0.05) is 23.8 Å². The summed E-state index contributed by atoms with van der Waals surface area (Å²) in [4.78, 5) is 16.3. The number of nitrogens with one attached hydrogen (secondary N) is 1. The zero-order chi connectivity index (χ0) is 27.0. The second-order valence-electron chi connectivity index (χ2n) is 9.32. The molecule has 0 aliphatic carbocycles. The third-order valence-corrected chi connectivity index (χ3v) is 7.68. The summed E-state index contributed by atoms with van der Waals surface area (Å²) in [6.07, 6.45) is 2.26. The lowest BCUT2D eigenvalue weighted by atomic mass is 10.2. The van der Waals surface area contributed by atoms with E-state index in [2.05, 4.69) is 10.3 Å². The Labute approximate surface area is 228 Å². The highest BCUT2D eigenvalue weighted by molar-refractivity contribution is 14.1. The Morgan fingerprint density at radius 1 is 1.11 bits per heavy atom. The molecule has 4 aromatic rings. The zero-order valence-electron chi connectivity index (χ0n) is 20.6. The summed E-state index contributed by atoms with van der Waals surface area (Å²) < 4.78 is 54.2. The second kappa shape index (κ2) is 10.3. The number of aromatic nitrogens is 2. The van der Waals surface area contributed by atoms with Gasteiger partial charge < -0.3 is 14.8 Å². The van der Waals surface area contributed by atoms with Crippen molar-refractivity contribution < 1.29 is 27.1 Å². The molecule has 0 saturated heterocycles. The molecule has 1 amide bonds. The van der Waals surface area contributed by atoms with Crippen LogP contribution in [0.4, 0.5) is 9.18 Å². The molecular weight excluding hydrogens is 612 g/mol. The quantitative estimate of drug-likeness (QED) is 0.255. The molecule has 4 rings (SSSR count). The number of nitrogens with zero attached hydrogens (tertiary/aromatic N) is 2. The molecule has 11 heteroatoms. The highest BCUT2D eigenvalue weighted by Crippen LogP contribution is 2.36. The van der Waals surface area contributed by atoms with E-state index in [0.29, 0.717) is 14.5 Å². The van der Waals surface area contributed by atoms with E-state index in [1.807, 2.05) is 29.5 Å². The van der Waals surface area contributed by atoms with E-state index in [0.717, 1.165) is 9.54 Å². The van der Waals surface area contributed by atoms with Gasteiger partial charge in [-0.25, -0.2) is 26.6 Å². The van der Waals surface area contributed by atoms with Crippen LogP contribution in [0.2, 0.25) is 0 Å². The fourth-order valence-electron chi connectivity index (χ4n) is 3.49. The number of carbonyl (C=O) groups is 1. The monoisotopic (exact) mass is 637 g/mol. The smallest absolute Gasteiger partial charge is 0.407 e. The number of pyridine rings is 1. The van der Waals surface area contributed by atoms with Crippen LogP contribution in [0.15, 0.2) is 65.8 Å². The number of hydrogen-bond donors (Lipinski definition) is 1. The summed E-state index contributed by atoms with van der Waals surface area (Å²) >= 11 is 2.00. The molecule has 2 aromatic carbocycles. The minimum atomic E-state index is -3.91. The maximum atomic E-state index is 14.9. The molecule has 37 heavy (non-hydrogen) atoms. The van der Waals surface area contributed by atoms with Crippen molar-refractivity contribution in [1.82, 2.24) is 14.3 Å². The Balaban J connectivity index is 1.60. The number of aryl methyl sites for hydroxylation is 1. The summed E-state index contributed by atoms with van der Waals surface area (Å²) in [7, 11) is -3.91.